The Hall–Kier alpha value is -2.58. The van der Waals surface area contributed by atoms with Crippen molar-refractivity contribution in [3.05, 3.63) is 71.3 Å². The molecule has 0 aliphatic rings. The highest BCUT2D eigenvalue weighted by Crippen LogP contribution is 2.32. The molecule has 29 heavy (non-hydrogen) atoms. The van der Waals surface area contributed by atoms with Crippen molar-refractivity contribution in [1.29, 1.82) is 0 Å². The molecule has 5 N–H and O–H groups in total. The van der Waals surface area contributed by atoms with E-state index >= 15 is 0 Å². The lowest BCUT2D eigenvalue weighted by Gasteiger charge is -2.31. The summed E-state index contributed by atoms with van der Waals surface area (Å²) >= 11 is 0. The number of hydrogen-bond donors (Lipinski definition) is 3. The summed E-state index contributed by atoms with van der Waals surface area (Å²) < 4.78 is 39.1. The fourth-order valence-electron chi connectivity index (χ4n) is 2.77. The number of nitrogens with two attached hydrogens (primary N) is 2. The van der Waals surface area contributed by atoms with E-state index in [2.05, 4.69) is 5.32 Å². The molecule has 0 fully saturated rings. The van der Waals surface area contributed by atoms with Crippen LogP contribution in [0, 0.1) is 5.92 Å². The fourth-order valence-corrected chi connectivity index (χ4v) is 2.77. The van der Waals surface area contributed by atoms with Crippen molar-refractivity contribution in [2.75, 3.05) is 0 Å². The smallest absolute Gasteiger partial charge is 0.367 e. The average Bonchev–Trinajstić information content (AvgIpc) is 2.66. The van der Waals surface area contributed by atoms with Gasteiger partial charge >= 0.3 is 6.18 Å². The quantitative estimate of drug-likeness (QED) is 0.657. The first-order chi connectivity index (χ1) is 13.0. The summed E-state index contributed by atoms with van der Waals surface area (Å²) in [6.45, 7) is 2.84. The largest absolute Gasteiger partial charge is 0.416 e. The first-order valence-electron chi connectivity index (χ1n) is 8.57. The number of hydrogen-bond acceptors (Lipinski definition) is 3. The van der Waals surface area contributed by atoms with Crippen LogP contribution >= 0.6 is 12.4 Å². The highest BCUT2D eigenvalue weighted by molar-refractivity contribution is 5.92. The minimum absolute atomic E-state index is 0. The molecule has 2 rings (SSSR count). The Morgan fingerprint density at radius 3 is 2.07 bits per heavy atom. The molecule has 5 nitrogen and oxygen atoms in total. The third kappa shape index (κ3) is 5.48. The standard InChI is InChI=1S/C20H22F3N3O2.ClH/c1-12(16(24)13-7-4-3-5-8-13)17(27)26-19(2,18(25)28)14-9-6-10-15(11-14)20(21,22)23;/h3-12,16H,24H2,1-2H3,(H2,25,28)(H,26,27);1H. The van der Waals surface area contributed by atoms with Crippen LogP contribution in [0.2, 0.25) is 0 Å². The monoisotopic (exact) mass is 429 g/mol. The molecule has 2 amide bonds. The van der Waals surface area contributed by atoms with Gasteiger partial charge in [-0.1, -0.05) is 49.4 Å². The van der Waals surface area contributed by atoms with Crippen molar-refractivity contribution in [3.63, 3.8) is 0 Å². The average molecular weight is 430 g/mol. The third-order valence-corrected chi connectivity index (χ3v) is 4.77. The fraction of sp³-hybridized carbons (Fsp3) is 0.300. The van der Waals surface area contributed by atoms with E-state index in [1.165, 1.54) is 13.0 Å². The lowest BCUT2D eigenvalue weighted by atomic mass is 9.87. The molecule has 0 bridgehead atoms. The number of carbonyl (C=O) groups excluding carboxylic acids is 2. The number of rotatable bonds is 6. The molecule has 0 radical (unpaired) electrons. The Bertz CT molecular complexity index is 862. The first kappa shape index (κ1) is 24.5. The topological polar surface area (TPSA) is 98.2 Å². The molecular formula is C20H23ClF3N3O2. The molecule has 3 unspecified atom stereocenters. The molecule has 0 saturated heterocycles. The zero-order valence-corrected chi connectivity index (χ0v) is 16.7. The van der Waals surface area contributed by atoms with Crippen LogP contribution in [0.15, 0.2) is 54.6 Å². The van der Waals surface area contributed by atoms with E-state index in [4.69, 9.17) is 11.5 Å². The second kappa shape index (κ2) is 9.28. The molecule has 158 valence electrons. The second-order valence-electron chi connectivity index (χ2n) is 6.78. The molecule has 0 spiro atoms. The van der Waals surface area contributed by atoms with Gasteiger partial charge in [-0.3, -0.25) is 9.59 Å². The van der Waals surface area contributed by atoms with Gasteiger partial charge in [-0.2, -0.15) is 13.2 Å². The Morgan fingerprint density at radius 1 is 1.00 bits per heavy atom. The molecule has 2 aromatic carbocycles. The summed E-state index contributed by atoms with van der Waals surface area (Å²) in [5, 5.41) is 2.48. The lowest BCUT2D eigenvalue weighted by molar-refractivity contribution is -0.138. The zero-order chi connectivity index (χ0) is 21.1. The van der Waals surface area contributed by atoms with E-state index < -0.39 is 41.1 Å². The van der Waals surface area contributed by atoms with Gasteiger partial charge in [0.15, 0.2) is 0 Å². The van der Waals surface area contributed by atoms with E-state index in [1.807, 2.05) is 0 Å². The highest BCUT2D eigenvalue weighted by atomic mass is 35.5. The van der Waals surface area contributed by atoms with Crippen LogP contribution in [0.1, 0.15) is 36.6 Å². The van der Waals surface area contributed by atoms with E-state index in [9.17, 15) is 22.8 Å². The van der Waals surface area contributed by atoms with Crippen LogP contribution < -0.4 is 16.8 Å². The molecule has 0 aromatic heterocycles. The van der Waals surface area contributed by atoms with Crippen molar-refractivity contribution < 1.29 is 22.8 Å². The Balaban J connectivity index is 0.00000420. The minimum Gasteiger partial charge on any atom is -0.367 e. The molecule has 3 atom stereocenters. The zero-order valence-electron chi connectivity index (χ0n) is 15.9. The molecule has 2 aromatic rings. The van der Waals surface area contributed by atoms with Crippen molar-refractivity contribution in [1.82, 2.24) is 5.32 Å². The highest BCUT2D eigenvalue weighted by Gasteiger charge is 2.39. The maximum Gasteiger partial charge on any atom is 0.416 e. The van der Waals surface area contributed by atoms with E-state index in [0.717, 1.165) is 18.2 Å². The van der Waals surface area contributed by atoms with Crippen molar-refractivity contribution in [3.8, 4) is 0 Å². The van der Waals surface area contributed by atoms with Gasteiger partial charge in [0.25, 0.3) is 0 Å². The molecule has 0 heterocycles. The van der Waals surface area contributed by atoms with Crippen LogP contribution in [0.5, 0.6) is 0 Å². The number of amides is 2. The lowest BCUT2D eigenvalue weighted by Crippen LogP contribution is -2.54. The van der Waals surface area contributed by atoms with Crippen LogP contribution in [0.25, 0.3) is 0 Å². The summed E-state index contributed by atoms with van der Waals surface area (Å²) in [6.07, 6.45) is -4.60. The maximum absolute atomic E-state index is 13.0. The van der Waals surface area contributed by atoms with Gasteiger partial charge in [0, 0.05) is 6.04 Å². The number of carbonyl (C=O) groups is 2. The third-order valence-electron chi connectivity index (χ3n) is 4.77. The summed E-state index contributed by atoms with van der Waals surface area (Å²) in [5.74, 6) is -2.34. The van der Waals surface area contributed by atoms with Gasteiger partial charge in [0.2, 0.25) is 11.8 Å². The van der Waals surface area contributed by atoms with E-state index in [-0.39, 0.29) is 18.0 Å². The summed E-state index contributed by atoms with van der Waals surface area (Å²) in [5.41, 5.74) is 9.43. The molecule has 0 aliphatic heterocycles. The second-order valence-corrected chi connectivity index (χ2v) is 6.78. The van der Waals surface area contributed by atoms with Crippen molar-refractivity contribution in [2.45, 2.75) is 31.6 Å². The van der Waals surface area contributed by atoms with Gasteiger partial charge in [-0.25, -0.2) is 0 Å². The minimum atomic E-state index is -4.60. The van der Waals surface area contributed by atoms with Gasteiger partial charge in [0.05, 0.1) is 11.5 Å². The molecule has 9 heteroatoms. The van der Waals surface area contributed by atoms with E-state index in [1.54, 1.807) is 37.3 Å². The van der Waals surface area contributed by atoms with Crippen LogP contribution in [-0.4, -0.2) is 11.8 Å². The SMILES string of the molecule is CC(C(=O)NC(C)(C(N)=O)c1cccc(C(F)(F)F)c1)C(N)c1ccccc1.Cl. The van der Waals surface area contributed by atoms with Crippen molar-refractivity contribution in [2.24, 2.45) is 17.4 Å². The van der Waals surface area contributed by atoms with Gasteiger partial charge in [-0.15, -0.1) is 12.4 Å². The van der Waals surface area contributed by atoms with Gasteiger partial charge in [0.1, 0.15) is 5.54 Å². The summed E-state index contributed by atoms with van der Waals surface area (Å²) in [4.78, 5) is 24.8. The van der Waals surface area contributed by atoms with Crippen LogP contribution in [-0.2, 0) is 21.3 Å². The molecule has 0 aliphatic carbocycles. The Labute approximate surface area is 173 Å². The molecule has 0 saturated carbocycles. The summed E-state index contributed by atoms with van der Waals surface area (Å²) in [7, 11) is 0. The number of benzene rings is 2. The predicted molar refractivity (Wildman–Crippen MR) is 106 cm³/mol. The number of nitrogens with one attached hydrogen (secondary N) is 1. The normalized spacial score (nSPS) is 15.4. The number of alkyl halides is 3. The Kier molecular flexibility index (Phi) is 7.83. The van der Waals surface area contributed by atoms with Crippen LogP contribution in [0.3, 0.4) is 0 Å². The van der Waals surface area contributed by atoms with E-state index in [0.29, 0.717) is 5.56 Å². The van der Waals surface area contributed by atoms with Gasteiger partial charge < -0.3 is 16.8 Å². The van der Waals surface area contributed by atoms with Crippen LogP contribution in [0.4, 0.5) is 13.2 Å². The number of halogens is 4. The molecular weight excluding hydrogens is 407 g/mol. The predicted octanol–water partition coefficient (Wildman–Crippen LogP) is 3.28. The number of primary amides is 1. The van der Waals surface area contributed by atoms with Gasteiger partial charge in [-0.05, 0) is 30.2 Å². The maximum atomic E-state index is 13.0. The Morgan fingerprint density at radius 2 is 1.55 bits per heavy atom. The summed E-state index contributed by atoms with van der Waals surface area (Å²) in [6, 6.07) is 12.3. The first-order valence-corrected chi connectivity index (χ1v) is 8.57. The van der Waals surface area contributed by atoms with Crippen molar-refractivity contribution >= 4 is 24.2 Å².